The standard InChI is InChI=1S/C12H19N3O5S/c1-7-4-5-15(6-9(7)20-3)21(18,19)11-10(12(16)17)8(2)13-14-11/h7,9H,4-6H2,1-3H3,(H,13,14)(H,16,17). The predicted molar refractivity (Wildman–Crippen MR) is 73.6 cm³/mol. The van der Waals surface area contributed by atoms with Crippen LogP contribution < -0.4 is 0 Å². The number of aromatic amines is 1. The topological polar surface area (TPSA) is 113 Å². The molecule has 0 amide bonds. The van der Waals surface area contributed by atoms with E-state index < -0.39 is 21.0 Å². The summed E-state index contributed by atoms with van der Waals surface area (Å²) in [7, 11) is -2.41. The molecule has 0 saturated carbocycles. The number of aromatic nitrogens is 2. The average molecular weight is 317 g/mol. The van der Waals surface area contributed by atoms with Crippen LogP contribution in [0.5, 0.6) is 0 Å². The van der Waals surface area contributed by atoms with Crippen LogP contribution in [0.2, 0.25) is 0 Å². The molecule has 1 aliphatic rings. The highest BCUT2D eigenvalue weighted by Gasteiger charge is 2.38. The Morgan fingerprint density at radius 1 is 1.52 bits per heavy atom. The number of carboxylic acid groups (broad SMARTS) is 1. The third-order valence-electron chi connectivity index (χ3n) is 3.87. The molecule has 1 aromatic heterocycles. The molecule has 2 unspecified atom stereocenters. The summed E-state index contributed by atoms with van der Waals surface area (Å²) in [5.41, 5.74) is -0.0858. The van der Waals surface area contributed by atoms with E-state index in [2.05, 4.69) is 10.2 Å². The Morgan fingerprint density at radius 2 is 2.19 bits per heavy atom. The number of ether oxygens (including phenoxy) is 1. The Bertz CT molecular complexity index is 639. The molecular weight excluding hydrogens is 298 g/mol. The number of piperidine rings is 1. The van der Waals surface area contributed by atoms with Crippen LogP contribution in [0.15, 0.2) is 5.03 Å². The van der Waals surface area contributed by atoms with Crippen molar-refractivity contribution in [2.24, 2.45) is 5.92 Å². The van der Waals surface area contributed by atoms with E-state index >= 15 is 0 Å². The van der Waals surface area contributed by atoms with Gasteiger partial charge in [-0.2, -0.15) is 9.40 Å². The van der Waals surface area contributed by atoms with Crippen LogP contribution in [0.4, 0.5) is 0 Å². The molecule has 118 valence electrons. The van der Waals surface area contributed by atoms with E-state index in [4.69, 9.17) is 9.84 Å². The van der Waals surface area contributed by atoms with Crippen molar-refractivity contribution in [1.29, 1.82) is 0 Å². The lowest BCUT2D eigenvalue weighted by molar-refractivity contribution is 0.0183. The zero-order valence-corrected chi connectivity index (χ0v) is 13.0. The van der Waals surface area contributed by atoms with E-state index in [0.717, 1.165) is 0 Å². The van der Waals surface area contributed by atoms with Crippen LogP contribution in [0.1, 0.15) is 29.4 Å². The summed E-state index contributed by atoms with van der Waals surface area (Å²) in [6.07, 6.45) is 0.450. The number of aromatic carboxylic acids is 1. The van der Waals surface area contributed by atoms with Gasteiger partial charge in [-0.15, -0.1) is 0 Å². The maximum atomic E-state index is 12.6. The van der Waals surface area contributed by atoms with Gasteiger partial charge in [0.2, 0.25) is 5.03 Å². The van der Waals surface area contributed by atoms with Crippen LogP contribution in [0.25, 0.3) is 0 Å². The highest BCUT2D eigenvalue weighted by molar-refractivity contribution is 7.89. The van der Waals surface area contributed by atoms with Crippen molar-refractivity contribution in [2.75, 3.05) is 20.2 Å². The van der Waals surface area contributed by atoms with Gasteiger partial charge in [-0.3, -0.25) is 5.10 Å². The summed E-state index contributed by atoms with van der Waals surface area (Å²) in [4.78, 5) is 11.2. The zero-order valence-electron chi connectivity index (χ0n) is 12.2. The normalized spacial score (nSPS) is 24.1. The molecule has 1 fully saturated rings. The largest absolute Gasteiger partial charge is 0.478 e. The minimum Gasteiger partial charge on any atom is -0.478 e. The molecule has 1 saturated heterocycles. The van der Waals surface area contributed by atoms with Crippen molar-refractivity contribution in [3.63, 3.8) is 0 Å². The molecule has 1 aromatic rings. The summed E-state index contributed by atoms with van der Waals surface area (Å²) in [6.45, 7) is 4.00. The molecule has 21 heavy (non-hydrogen) atoms. The van der Waals surface area contributed by atoms with Crippen molar-refractivity contribution in [3.8, 4) is 0 Å². The van der Waals surface area contributed by atoms with Gasteiger partial charge in [0, 0.05) is 25.9 Å². The number of nitrogens with one attached hydrogen (secondary N) is 1. The number of aryl methyl sites for hydroxylation is 1. The lowest BCUT2D eigenvalue weighted by atomic mass is 9.97. The first-order valence-corrected chi connectivity index (χ1v) is 8.04. The molecule has 8 nitrogen and oxygen atoms in total. The van der Waals surface area contributed by atoms with Crippen molar-refractivity contribution in [2.45, 2.75) is 31.4 Å². The highest BCUT2D eigenvalue weighted by Crippen LogP contribution is 2.26. The second-order valence-electron chi connectivity index (χ2n) is 5.24. The van der Waals surface area contributed by atoms with Gasteiger partial charge in [0.05, 0.1) is 6.10 Å². The number of sulfonamides is 1. The molecule has 9 heteroatoms. The van der Waals surface area contributed by atoms with Crippen LogP contribution in [0, 0.1) is 12.8 Å². The molecule has 0 bridgehead atoms. The van der Waals surface area contributed by atoms with Crippen molar-refractivity contribution in [1.82, 2.24) is 14.5 Å². The van der Waals surface area contributed by atoms with E-state index in [1.54, 1.807) is 7.11 Å². The first kappa shape index (κ1) is 15.9. The summed E-state index contributed by atoms with van der Waals surface area (Å²) < 4.78 is 31.8. The first-order chi connectivity index (χ1) is 9.78. The second-order valence-corrected chi connectivity index (χ2v) is 7.09. The number of H-pyrrole nitrogens is 1. The number of carbonyl (C=O) groups is 1. The molecule has 0 radical (unpaired) electrons. The van der Waals surface area contributed by atoms with Crippen molar-refractivity contribution < 1.29 is 23.1 Å². The van der Waals surface area contributed by atoms with Crippen LogP contribution in [-0.2, 0) is 14.8 Å². The molecular formula is C12H19N3O5S. The molecule has 2 heterocycles. The Hall–Kier alpha value is -1.45. The number of nitrogens with zero attached hydrogens (tertiary/aromatic N) is 2. The number of hydrogen-bond acceptors (Lipinski definition) is 5. The number of rotatable bonds is 4. The summed E-state index contributed by atoms with van der Waals surface area (Å²) in [5.74, 6) is -1.06. The molecule has 0 aliphatic carbocycles. The summed E-state index contributed by atoms with van der Waals surface area (Å²) in [5, 5.41) is 14.8. The van der Waals surface area contributed by atoms with Gasteiger partial charge >= 0.3 is 5.97 Å². The van der Waals surface area contributed by atoms with Gasteiger partial charge in [0.25, 0.3) is 10.0 Å². The van der Waals surface area contributed by atoms with Crippen LogP contribution in [0.3, 0.4) is 0 Å². The molecule has 1 aliphatic heterocycles. The van der Waals surface area contributed by atoms with Gasteiger partial charge < -0.3 is 9.84 Å². The lowest BCUT2D eigenvalue weighted by Crippen LogP contribution is -2.46. The maximum Gasteiger partial charge on any atom is 0.340 e. The highest BCUT2D eigenvalue weighted by atomic mass is 32.2. The van der Waals surface area contributed by atoms with Crippen molar-refractivity contribution in [3.05, 3.63) is 11.3 Å². The van der Waals surface area contributed by atoms with Gasteiger partial charge in [-0.25, -0.2) is 13.2 Å². The minimum absolute atomic E-state index is 0.199. The fraction of sp³-hybridized carbons (Fsp3) is 0.667. The van der Waals surface area contributed by atoms with E-state index in [-0.39, 0.29) is 29.8 Å². The molecule has 0 aromatic carbocycles. The molecule has 2 atom stereocenters. The van der Waals surface area contributed by atoms with Gasteiger partial charge in [-0.05, 0) is 19.3 Å². The SMILES string of the molecule is COC1CN(S(=O)(=O)c2n[nH]c(C)c2C(=O)O)CCC1C. The van der Waals surface area contributed by atoms with Crippen molar-refractivity contribution >= 4 is 16.0 Å². The quantitative estimate of drug-likeness (QED) is 0.834. The third kappa shape index (κ3) is 2.81. The smallest absolute Gasteiger partial charge is 0.340 e. The fourth-order valence-electron chi connectivity index (χ4n) is 2.50. The Balaban J connectivity index is 2.37. The van der Waals surface area contributed by atoms with Crippen LogP contribution in [-0.4, -0.2) is 60.3 Å². The predicted octanol–water partition coefficient (Wildman–Crippen LogP) is 0.462. The number of carboxylic acids is 1. The molecule has 0 spiro atoms. The third-order valence-corrected chi connectivity index (χ3v) is 5.66. The molecule has 2 rings (SSSR count). The number of hydrogen-bond donors (Lipinski definition) is 2. The second kappa shape index (κ2) is 5.74. The lowest BCUT2D eigenvalue weighted by Gasteiger charge is -2.34. The van der Waals surface area contributed by atoms with Gasteiger partial charge in [0.1, 0.15) is 5.56 Å². The molecule has 2 N–H and O–H groups in total. The van der Waals surface area contributed by atoms with Gasteiger partial charge in [-0.1, -0.05) is 6.92 Å². The first-order valence-electron chi connectivity index (χ1n) is 6.60. The maximum absolute atomic E-state index is 12.6. The fourth-order valence-corrected chi connectivity index (χ4v) is 4.09. The van der Waals surface area contributed by atoms with Gasteiger partial charge in [0.15, 0.2) is 0 Å². The Kier molecular flexibility index (Phi) is 4.35. The minimum atomic E-state index is -3.95. The van der Waals surface area contributed by atoms with E-state index in [0.29, 0.717) is 13.0 Å². The van der Waals surface area contributed by atoms with E-state index in [1.807, 2.05) is 6.92 Å². The van der Waals surface area contributed by atoms with E-state index in [9.17, 15) is 13.2 Å². The average Bonchev–Trinajstić information content (AvgIpc) is 2.81. The Morgan fingerprint density at radius 3 is 2.76 bits per heavy atom. The summed E-state index contributed by atoms with van der Waals surface area (Å²) >= 11 is 0. The zero-order chi connectivity index (χ0) is 15.8. The number of methoxy groups -OCH3 is 1. The summed E-state index contributed by atoms with van der Waals surface area (Å²) in [6, 6.07) is 0. The van der Waals surface area contributed by atoms with E-state index in [1.165, 1.54) is 11.2 Å². The van der Waals surface area contributed by atoms with Crippen LogP contribution >= 0.6 is 0 Å². The monoisotopic (exact) mass is 317 g/mol. The Labute approximate surface area is 123 Å².